The lowest BCUT2D eigenvalue weighted by atomic mass is 9.97. The third kappa shape index (κ3) is 3.58. The number of carboxylic acids is 1. The molecule has 0 unspecified atom stereocenters. The summed E-state index contributed by atoms with van der Waals surface area (Å²) in [6.07, 6.45) is 0. The molecule has 1 aromatic carbocycles. The molecular weight excluding hydrogens is 242 g/mol. The summed E-state index contributed by atoms with van der Waals surface area (Å²) in [6.45, 7) is 8.23. The number of nitrogens with one attached hydrogen (secondary N) is 1. The lowest BCUT2D eigenvalue weighted by Crippen LogP contribution is -2.26. The smallest absolute Gasteiger partial charge is 0.371 e. The molecule has 0 amide bonds. The number of carbonyl (C=O) groups is 1. The maximum absolute atomic E-state index is 10.8. The van der Waals surface area contributed by atoms with Crippen LogP contribution in [-0.2, 0) is 6.54 Å². The van der Waals surface area contributed by atoms with Crippen molar-refractivity contribution in [1.29, 1.82) is 0 Å². The van der Waals surface area contributed by atoms with Crippen molar-refractivity contribution >= 4 is 16.9 Å². The summed E-state index contributed by atoms with van der Waals surface area (Å²) in [4.78, 5) is 10.8. The highest BCUT2D eigenvalue weighted by atomic mass is 16.4. The van der Waals surface area contributed by atoms with Gasteiger partial charge in [0.15, 0.2) is 0 Å². The first kappa shape index (κ1) is 13.6. The Morgan fingerprint density at radius 1 is 1.32 bits per heavy atom. The Kier molecular flexibility index (Phi) is 3.62. The molecule has 0 saturated heterocycles. The van der Waals surface area contributed by atoms with E-state index in [9.17, 15) is 4.79 Å². The molecule has 0 spiro atoms. The Labute approximate surface area is 112 Å². The predicted octanol–water partition coefficient (Wildman–Crippen LogP) is 3.27. The topological polar surface area (TPSA) is 62.5 Å². The first-order valence-corrected chi connectivity index (χ1v) is 6.32. The van der Waals surface area contributed by atoms with Gasteiger partial charge in [0.1, 0.15) is 5.58 Å². The molecule has 1 heterocycles. The van der Waals surface area contributed by atoms with Crippen LogP contribution in [0.25, 0.3) is 11.0 Å². The summed E-state index contributed by atoms with van der Waals surface area (Å²) in [6, 6.07) is 7.29. The fraction of sp³-hybridized carbons (Fsp3) is 0.400. The number of benzene rings is 1. The molecule has 0 aliphatic rings. The molecule has 0 aliphatic carbocycles. The molecule has 102 valence electrons. The molecule has 1 aromatic heterocycles. The highest BCUT2D eigenvalue weighted by molar-refractivity contribution is 5.91. The maximum atomic E-state index is 10.8. The van der Waals surface area contributed by atoms with Gasteiger partial charge < -0.3 is 14.8 Å². The Morgan fingerprint density at radius 3 is 2.68 bits per heavy atom. The third-order valence-corrected chi connectivity index (χ3v) is 2.78. The molecule has 4 nitrogen and oxygen atoms in total. The average molecular weight is 261 g/mol. The third-order valence-electron chi connectivity index (χ3n) is 2.78. The molecule has 0 fully saturated rings. The van der Waals surface area contributed by atoms with E-state index in [0.717, 1.165) is 24.0 Å². The predicted molar refractivity (Wildman–Crippen MR) is 74.3 cm³/mol. The molecule has 0 aliphatic heterocycles. The highest BCUT2D eigenvalue weighted by Gasteiger charge is 2.11. The molecule has 19 heavy (non-hydrogen) atoms. The molecule has 0 bridgehead atoms. The Morgan fingerprint density at radius 2 is 2.05 bits per heavy atom. The van der Waals surface area contributed by atoms with Gasteiger partial charge in [0.25, 0.3) is 0 Å². The standard InChI is InChI=1S/C15H19NO3/c1-15(2,3)9-16-8-10-4-5-12-11(6-10)7-13(19-12)14(17)18/h4-7,16H,8-9H2,1-3H3,(H,17,18). The van der Waals surface area contributed by atoms with Crippen LogP contribution in [0.2, 0.25) is 0 Å². The minimum Gasteiger partial charge on any atom is -0.475 e. The fourth-order valence-corrected chi connectivity index (χ4v) is 1.89. The number of carboxylic acid groups (broad SMARTS) is 1. The largest absolute Gasteiger partial charge is 0.475 e. The first-order chi connectivity index (χ1) is 8.85. The van der Waals surface area contributed by atoms with Crippen LogP contribution in [0, 0.1) is 5.41 Å². The number of rotatable bonds is 4. The molecule has 0 radical (unpaired) electrons. The van der Waals surface area contributed by atoms with Crippen molar-refractivity contribution in [2.75, 3.05) is 6.54 Å². The molecule has 0 atom stereocenters. The zero-order chi connectivity index (χ0) is 14.0. The summed E-state index contributed by atoms with van der Waals surface area (Å²) in [5, 5.41) is 13.1. The normalized spacial score (nSPS) is 11.9. The monoisotopic (exact) mass is 261 g/mol. The Bertz CT molecular complexity index is 593. The number of hydrogen-bond donors (Lipinski definition) is 2. The molecule has 4 heteroatoms. The van der Waals surface area contributed by atoms with Gasteiger partial charge in [-0.1, -0.05) is 26.8 Å². The van der Waals surface area contributed by atoms with E-state index in [0.29, 0.717) is 5.58 Å². The van der Waals surface area contributed by atoms with Crippen molar-refractivity contribution < 1.29 is 14.3 Å². The van der Waals surface area contributed by atoms with E-state index in [1.165, 1.54) is 0 Å². The molecule has 2 N–H and O–H groups in total. The van der Waals surface area contributed by atoms with Crippen LogP contribution in [0.5, 0.6) is 0 Å². The van der Waals surface area contributed by atoms with E-state index in [2.05, 4.69) is 26.1 Å². The molecule has 2 aromatic rings. The quantitative estimate of drug-likeness (QED) is 0.886. The fourth-order valence-electron chi connectivity index (χ4n) is 1.89. The SMILES string of the molecule is CC(C)(C)CNCc1ccc2oc(C(=O)O)cc2c1. The number of hydrogen-bond acceptors (Lipinski definition) is 3. The van der Waals surface area contributed by atoms with Gasteiger partial charge >= 0.3 is 5.97 Å². The van der Waals surface area contributed by atoms with Crippen molar-refractivity contribution in [2.45, 2.75) is 27.3 Å². The van der Waals surface area contributed by atoms with Gasteiger partial charge in [-0.3, -0.25) is 0 Å². The van der Waals surface area contributed by atoms with E-state index in [4.69, 9.17) is 9.52 Å². The minimum atomic E-state index is -1.04. The average Bonchev–Trinajstić information content (AvgIpc) is 2.70. The molecule has 0 saturated carbocycles. The number of fused-ring (bicyclic) bond motifs is 1. The van der Waals surface area contributed by atoms with Crippen molar-refractivity contribution in [2.24, 2.45) is 5.41 Å². The van der Waals surface area contributed by atoms with Crippen LogP contribution in [0.4, 0.5) is 0 Å². The van der Waals surface area contributed by atoms with Crippen molar-refractivity contribution in [3.8, 4) is 0 Å². The van der Waals surface area contributed by atoms with Crippen molar-refractivity contribution in [3.63, 3.8) is 0 Å². The van der Waals surface area contributed by atoms with Crippen LogP contribution in [0.3, 0.4) is 0 Å². The minimum absolute atomic E-state index is 0.0187. The summed E-state index contributed by atoms with van der Waals surface area (Å²) in [5.74, 6) is -1.06. The summed E-state index contributed by atoms with van der Waals surface area (Å²) in [7, 11) is 0. The van der Waals surface area contributed by atoms with E-state index in [-0.39, 0.29) is 11.2 Å². The van der Waals surface area contributed by atoms with E-state index in [1.54, 1.807) is 6.07 Å². The summed E-state index contributed by atoms with van der Waals surface area (Å²) < 4.78 is 5.22. The molecular formula is C15H19NO3. The van der Waals surface area contributed by atoms with Crippen molar-refractivity contribution in [1.82, 2.24) is 5.32 Å². The second kappa shape index (κ2) is 5.05. The van der Waals surface area contributed by atoms with Gasteiger partial charge in [0.2, 0.25) is 5.76 Å². The van der Waals surface area contributed by atoms with E-state index in [1.807, 2.05) is 18.2 Å². The maximum Gasteiger partial charge on any atom is 0.371 e. The van der Waals surface area contributed by atoms with E-state index < -0.39 is 5.97 Å². The van der Waals surface area contributed by atoms with Gasteiger partial charge in [-0.25, -0.2) is 4.79 Å². The lowest BCUT2D eigenvalue weighted by Gasteiger charge is -2.18. The summed E-state index contributed by atoms with van der Waals surface area (Å²) >= 11 is 0. The van der Waals surface area contributed by atoms with Crippen LogP contribution < -0.4 is 5.32 Å². The Hall–Kier alpha value is -1.81. The second-order valence-electron chi connectivity index (χ2n) is 5.95. The number of aromatic carboxylic acids is 1. The van der Waals surface area contributed by atoms with Crippen LogP contribution in [0.15, 0.2) is 28.7 Å². The summed E-state index contributed by atoms with van der Waals surface area (Å²) in [5.41, 5.74) is 1.97. The lowest BCUT2D eigenvalue weighted by molar-refractivity contribution is 0.0665. The van der Waals surface area contributed by atoms with Gasteiger partial charge in [-0.05, 0) is 29.2 Å². The zero-order valence-electron chi connectivity index (χ0n) is 11.5. The second-order valence-corrected chi connectivity index (χ2v) is 5.95. The van der Waals surface area contributed by atoms with Crippen LogP contribution in [0.1, 0.15) is 36.9 Å². The van der Waals surface area contributed by atoms with Crippen LogP contribution >= 0.6 is 0 Å². The van der Waals surface area contributed by atoms with Gasteiger partial charge in [0, 0.05) is 18.5 Å². The zero-order valence-corrected chi connectivity index (χ0v) is 11.5. The van der Waals surface area contributed by atoms with Gasteiger partial charge in [-0.15, -0.1) is 0 Å². The van der Waals surface area contributed by atoms with E-state index >= 15 is 0 Å². The van der Waals surface area contributed by atoms with Crippen molar-refractivity contribution in [3.05, 3.63) is 35.6 Å². The molecule has 2 rings (SSSR count). The Balaban J connectivity index is 2.11. The van der Waals surface area contributed by atoms with Gasteiger partial charge in [-0.2, -0.15) is 0 Å². The van der Waals surface area contributed by atoms with Crippen LogP contribution in [-0.4, -0.2) is 17.6 Å². The van der Waals surface area contributed by atoms with Gasteiger partial charge in [0.05, 0.1) is 0 Å². The number of furan rings is 1. The highest BCUT2D eigenvalue weighted by Crippen LogP contribution is 2.21. The first-order valence-electron chi connectivity index (χ1n) is 6.32.